The Kier molecular flexibility index (Phi) is 4.36. The molecule has 0 radical (unpaired) electrons. The topological polar surface area (TPSA) is 68.3 Å². The van der Waals surface area contributed by atoms with E-state index in [2.05, 4.69) is 5.32 Å². The molecule has 0 aliphatic carbocycles. The lowest BCUT2D eigenvalue weighted by atomic mass is 10.1. The lowest BCUT2D eigenvalue weighted by Crippen LogP contribution is -2.33. The third-order valence-electron chi connectivity index (χ3n) is 2.98. The van der Waals surface area contributed by atoms with Crippen LogP contribution in [0.3, 0.4) is 0 Å². The molecule has 0 spiro atoms. The molecule has 1 amide bonds. The van der Waals surface area contributed by atoms with Crippen LogP contribution in [0, 0.1) is 0 Å². The van der Waals surface area contributed by atoms with Crippen LogP contribution in [0.1, 0.15) is 34.8 Å². The summed E-state index contributed by atoms with van der Waals surface area (Å²) in [5.41, 5.74) is 6.70. The Bertz CT molecular complexity index is 534. The highest BCUT2D eigenvalue weighted by molar-refractivity contribution is 5.91. The second-order valence-electron chi connectivity index (χ2n) is 4.29. The summed E-state index contributed by atoms with van der Waals surface area (Å²) < 4.78 is 5.42. The Morgan fingerprint density at radius 1 is 1.26 bits per heavy atom. The van der Waals surface area contributed by atoms with Crippen LogP contribution in [0.4, 0.5) is 0 Å². The molecule has 100 valence electrons. The van der Waals surface area contributed by atoms with Gasteiger partial charge in [-0.3, -0.25) is 4.79 Å². The minimum atomic E-state index is -0.237. The molecule has 2 rings (SSSR count). The van der Waals surface area contributed by atoms with Gasteiger partial charge in [-0.2, -0.15) is 0 Å². The van der Waals surface area contributed by atoms with Crippen molar-refractivity contribution in [3.05, 3.63) is 59.5 Å². The van der Waals surface area contributed by atoms with E-state index in [9.17, 15) is 4.79 Å². The minimum absolute atomic E-state index is 0.205. The van der Waals surface area contributed by atoms with Crippen LogP contribution in [-0.4, -0.2) is 12.5 Å². The van der Waals surface area contributed by atoms with Crippen molar-refractivity contribution in [2.75, 3.05) is 6.54 Å². The molecule has 2 aromatic rings. The standard InChI is InChI=1S/C15H18N2O2/c1-2-12-8-9-14(19-12)15(18)17-13(10-16)11-6-4-3-5-7-11/h3-9,13H,2,10,16H2,1H3,(H,17,18). The Hall–Kier alpha value is -2.07. The Morgan fingerprint density at radius 2 is 2.00 bits per heavy atom. The summed E-state index contributed by atoms with van der Waals surface area (Å²) in [6.07, 6.45) is 0.770. The van der Waals surface area contributed by atoms with Crippen molar-refractivity contribution in [3.8, 4) is 0 Å². The summed E-state index contributed by atoms with van der Waals surface area (Å²) in [4.78, 5) is 12.1. The highest BCUT2D eigenvalue weighted by Crippen LogP contribution is 2.13. The van der Waals surface area contributed by atoms with Gasteiger partial charge in [0, 0.05) is 13.0 Å². The van der Waals surface area contributed by atoms with E-state index in [0.29, 0.717) is 12.3 Å². The van der Waals surface area contributed by atoms with Gasteiger partial charge in [0.05, 0.1) is 6.04 Å². The van der Waals surface area contributed by atoms with Crippen LogP contribution in [0.5, 0.6) is 0 Å². The Labute approximate surface area is 112 Å². The summed E-state index contributed by atoms with van der Waals surface area (Å²) in [7, 11) is 0. The largest absolute Gasteiger partial charge is 0.456 e. The van der Waals surface area contributed by atoms with Crippen LogP contribution in [0.15, 0.2) is 46.9 Å². The second-order valence-corrected chi connectivity index (χ2v) is 4.29. The van der Waals surface area contributed by atoms with E-state index < -0.39 is 0 Å². The van der Waals surface area contributed by atoms with Crippen LogP contribution >= 0.6 is 0 Å². The normalized spacial score (nSPS) is 12.1. The maximum Gasteiger partial charge on any atom is 0.287 e. The smallest absolute Gasteiger partial charge is 0.287 e. The minimum Gasteiger partial charge on any atom is -0.456 e. The number of aryl methyl sites for hydroxylation is 1. The van der Waals surface area contributed by atoms with Crippen molar-refractivity contribution in [2.45, 2.75) is 19.4 Å². The van der Waals surface area contributed by atoms with Gasteiger partial charge in [-0.1, -0.05) is 37.3 Å². The van der Waals surface area contributed by atoms with Gasteiger partial charge in [-0.25, -0.2) is 0 Å². The van der Waals surface area contributed by atoms with E-state index in [1.807, 2.05) is 43.3 Å². The molecule has 0 aliphatic heterocycles. The molecule has 1 unspecified atom stereocenters. The molecule has 19 heavy (non-hydrogen) atoms. The first-order valence-electron chi connectivity index (χ1n) is 6.39. The molecule has 0 bridgehead atoms. The number of hydrogen-bond donors (Lipinski definition) is 2. The third-order valence-corrected chi connectivity index (χ3v) is 2.98. The fraction of sp³-hybridized carbons (Fsp3) is 0.267. The second kappa shape index (κ2) is 6.20. The lowest BCUT2D eigenvalue weighted by molar-refractivity contribution is 0.0908. The van der Waals surface area contributed by atoms with Crippen molar-refractivity contribution in [1.29, 1.82) is 0 Å². The highest BCUT2D eigenvalue weighted by atomic mass is 16.3. The Balaban J connectivity index is 2.08. The average molecular weight is 258 g/mol. The molecule has 0 saturated heterocycles. The van der Waals surface area contributed by atoms with Gasteiger partial charge in [-0.05, 0) is 17.7 Å². The molecule has 0 aliphatic rings. The van der Waals surface area contributed by atoms with E-state index in [1.54, 1.807) is 6.07 Å². The first kappa shape index (κ1) is 13.4. The first-order chi connectivity index (χ1) is 9.24. The zero-order chi connectivity index (χ0) is 13.7. The van der Waals surface area contributed by atoms with Crippen LogP contribution in [0.25, 0.3) is 0 Å². The molecule has 1 aromatic carbocycles. The fourth-order valence-electron chi connectivity index (χ4n) is 1.88. The quantitative estimate of drug-likeness (QED) is 0.864. The highest BCUT2D eigenvalue weighted by Gasteiger charge is 2.16. The number of rotatable bonds is 5. The molecule has 4 nitrogen and oxygen atoms in total. The number of benzene rings is 1. The van der Waals surface area contributed by atoms with Gasteiger partial charge in [0.25, 0.3) is 5.91 Å². The molecule has 0 saturated carbocycles. The molecule has 3 N–H and O–H groups in total. The number of carbonyl (C=O) groups excluding carboxylic acids is 1. The van der Waals surface area contributed by atoms with Gasteiger partial charge in [0.1, 0.15) is 5.76 Å². The van der Waals surface area contributed by atoms with Crippen LogP contribution in [0.2, 0.25) is 0 Å². The van der Waals surface area contributed by atoms with Gasteiger partial charge in [0.15, 0.2) is 5.76 Å². The predicted octanol–water partition coefficient (Wildman–Crippen LogP) is 2.27. The van der Waals surface area contributed by atoms with Crippen LogP contribution in [-0.2, 0) is 6.42 Å². The molecule has 4 heteroatoms. The molecule has 1 heterocycles. The SMILES string of the molecule is CCc1ccc(C(=O)NC(CN)c2ccccc2)o1. The number of nitrogens with two attached hydrogens (primary N) is 1. The molecular formula is C15H18N2O2. The van der Waals surface area contributed by atoms with Gasteiger partial charge in [0.2, 0.25) is 0 Å². The van der Waals surface area contributed by atoms with Crippen molar-refractivity contribution in [2.24, 2.45) is 5.73 Å². The Morgan fingerprint density at radius 3 is 2.58 bits per heavy atom. The van der Waals surface area contributed by atoms with E-state index in [-0.39, 0.29) is 11.9 Å². The number of carbonyl (C=O) groups is 1. The molecule has 1 aromatic heterocycles. The predicted molar refractivity (Wildman–Crippen MR) is 73.8 cm³/mol. The summed E-state index contributed by atoms with van der Waals surface area (Å²) in [5.74, 6) is 0.888. The third kappa shape index (κ3) is 3.23. The summed E-state index contributed by atoms with van der Waals surface area (Å²) >= 11 is 0. The van der Waals surface area contributed by atoms with Gasteiger partial charge < -0.3 is 15.5 Å². The zero-order valence-electron chi connectivity index (χ0n) is 10.9. The van der Waals surface area contributed by atoms with Crippen molar-refractivity contribution < 1.29 is 9.21 Å². The monoisotopic (exact) mass is 258 g/mol. The number of furan rings is 1. The van der Waals surface area contributed by atoms with Crippen LogP contribution < -0.4 is 11.1 Å². The van der Waals surface area contributed by atoms with Gasteiger partial charge >= 0.3 is 0 Å². The number of amides is 1. The van der Waals surface area contributed by atoms with Gasteiger partial charge in [-0.15, -0.1) is 0 Å². The summed E-state index contributed by atoms with van der Waals surface area (Å²) in [6.45, 7) is 2.32. The first-order valence-corrected chi connectivity index (χ1v) is 6.39. The van der Waals surface area contributed by atoms with E-state index in [0.717, 1.165) is 17.7 Å². The van der Waals surface area contributed by atoms with E-state index in [1.165, 1.54) is 0 Å². The molecule has 1 atom stereocenters. The lowest BCUT2D eigenvalue weighted by Gasteiger charge is -2.16. The number of hydrogen-bond acceptors (Lipinski definition) is 3. The maximum atomic E-state index is 12.1. The number of nitrogens with one attached hydrogen (secondary N) is 1. The van der Waals surface area contributed by atoms with E-state index in [4.69, 9.17) is 10.2 Å². The zero-order valence-corrected chi connectivity index (χ0v) is 10.9. The van der Waals surface area contributed by atoms with Crippen molar-refractivity contribution >= 4 is 5.91 Å². The molecule has 0 fully saturated rings. The summed E-state index contributed by atoms with van der Waals surface area (Å²) in [5, 5.41) is 2.88. The van der Waals surface area contributed by atoms with Crippen molar-refractivity contribution in [1.82, 2.24) is 5.32 Å². The summed E-state index contributed by atoms with van der Waals surface area (Å²) in [6, 6.07) is 13.0. The average Bonchev–Trinajstić information content (AvgIpc) is 2.94. The van der Waals surface area contributed by atoms with Crippen molar-refractivity contribution in [3.63, 3.8) is 0 Å². The van der Waals surface area contributed by atoms with E-state index >= 15 is 0 Å². The maximum absolute atomic E-state index is 12.1. The fourth-order valence-corrected chi connectivity index (χ4v) is 1.88. The molecular weight excluding hydrogens is 240 g/mol.